The molecule has 2 aromatic rings. The molecule has 6 heteroatoms. The summed E-state index contributed by atoms with van der Waals surface area (Å²) in [4.78, 5) is 25.3. The van der Waals surface area contributed by atoms with E-state index in [2.05, 4.69) is 14.9 Å². The Morgan fingerprint density at radius 1 is 1.27 bits per heavy atom. The van der Waals surface area contributed by atoms with Gasteiger partial charge in [-0.3, -0.25) is 4.79 Å². The molecule has 4 rings (SSSR count). The van der Waals surface area contributed by atoms with Gasteiger partial charge in [0.25, 0.3) is 5.91 Å². The molecule has 0 aliphatic carbocycles. The van der Waals surface area contributed by atoms with Gasteiger partial charge in [0.2, 0.25) is 5.95 Å². The van der Waals surface area contributed by atoms with Gasteiger partial charge >= 0.3 is 0 Å². The van der Waals surface area contributed by atoms with Crippen molar-refractivity contribution >= 4 is 23.2 Å². The maximum absolute atomic E-state index is 12.3. The maximum atomic E-state index is 12.3. The van der Waals surface area contributed by atoms with Gasteiger partial charge in [-0.1, -0.05) is 0 Å². The smallest absolute Gasteiger partial charge is 0.254 e. The minimum absolute atomic E-state index is 0.164. The van der Waals surface area contributed by atoms with Crippen LogP contribution in [0.1, 0.15) is 22.3 Å². The molecule has 2 aliphatic heterocycles. The van der Waals surface area contributed by atoms with E-state index >= 15 is 0 Å². The molecule has 0 saturated carbocycles. The lowest BCUT2D eigenvalue weighted by Crippen LogP contribution is -2.59. The van der Waals surface area contributed by atoms with Crippen LogP contribution in [0.3, 0.4) is 0 Å². The fourth-order valence-electron chi connectivity index (χ4n) is 3.39. The first-order chi connectivity index (χ1) is 10.7. The summed E-state index contributed by atoms with van der Waals surface area (Å²) in [5.74, 6) is 0.974. The Balaban J connectivity index is 1.40. The Kier molecular flexibility index (Phi) is 3.14. The molecule has 0 bridgehead atoms. The van der Waals surface area contributed by atoms with Crippen LogP contribution in [-0.2, 0) is 0 Å². The summed E-state index contributed by atoms with van der Waals surface area (Å²) in [6.45, 7) is 5.62. The number of thiophene rings is 1. The second-order valence-electron chi connectivity index (χ2n) is 6.41. The number of rotatable bonds is 2. The quantitative estimate of drug-likeness (QED) is 0.853. The van der Waals surface area contributed by atoms with Crippen LogP contribution in [0, 0.1) is 12.3 Å². The molecular formula is C16H18N4OS. The second-order valence-corrected chi connectivity index (χ2v) is 7.19. The lowest BCUT2D eigenvalue weighted by Gasteiger charge is -2.47. The van der Waals surface area contributed by atoms with Crippen molar-refractivity contribution in [1.29, 1.82) is 0 Å². The zero-order chi connectivity index (χ0) is 15.2. The van der Waals surface area contributed by atoms with Crippen molar-refractivity contribution in [2.45, 2.75) is 13.3 Å². The molecule has 0 aromatic carbocycles. The van der Waals surface area contributed by atoms with E-state index in [-0.39, 0.29) is 11.3 Å². The third-order valence-electron chi connectivity index (χ3n) is 4.60. The summed E-state index contributed by atoms with van der Waals surface area (Å²) in [5, 5.41) is 3.88. The van der Waals surface area contributed by atoms with Gasteiger partial charge in [-0.15, -0.1) is 0 Å². The molecule has 5 nitrogen and oxygen atoms in total. The van der Waals surface area contributed by atoms with Gasteiger partial charge in [-0.05, 0) is 30.4 Å². The van der Waals surface area contributed by atoms with Gasteiger partial charge in [0, 0.05) is 49.4 Å². The maximum Gasteiger partial charge on any atom is 0.254 e. The number of amides is 1. The van der Waals surface area contributed by atoms with E-state index in [0.717, 1.165) is 49.7 Å². The summed E-state index contributed by atoms with van der Waals surface area (Å²) < 4.78 is 0. The molecule has 22 heavy (non-hydrogen) atoms. The van der Waals surface area contributed by atoms with E-state index in [1.165, 1.54) is 0 Å². The first-order valence-corrected chi connectivity index (χ1v) is 8.45. The molecule has 2 saturated heterocycles. The van der Waals surface area contributed by atoms with E-state index < -0.39 is 0 Å². The first kappa shape index (κ1) is 13.7. The van der Waals surface area contributed by atoms with Gasteiger partial charge in [0.05, 0.1) is 5.56 Å². The van der Waals surface area contributed by atoms with Crippen molar-refractivity contribution in [2.75, 3.05) is 31.1 Å². The number of carbonyl (C=O) groups is 1. The average Bonchev–Trinajstić information content (AvgIpc) is 3.15. The number of aromatic nitrogens is 2. The van der Waals surface area contributed by atoms with Crippen LogP contribution in [0.15, 0.2) is 29.2 Å². The van der Waals surface area contributed by atoms with E-state index in [1.807, 2.05) is 41.0 Å². The normalized spacial score (nSPS) is 19.5. The van der Waals surface area contributed by atoms with Gasteiger partial charge in [-0.25, -0.2) is 9.97 Å². The molecule has 2 fully saturated rings. The Bertz CT molecular complexity index is 677. The molecule has 2 aromatic heterocycles. The van der Waals surface area contributed by atoms with Crippen LogP contribution in [0.4, 0.5) is 5.95 Å². The van der Waals surface area contributed by atoms with Crippen molar-refractivity contribution in [3.63, 3.8) is 0 Å². The third-order valence-corrected chi connectivity index (χ3v) is 5.28. The number of carbonyl (C=O) groups excluding carboxylic acids is 1. The zero-order valence-corrected chi connectivity index (χ0v) is 13.3. The largest absolute Gasteiger partial charge is 0.340 e. The molecule has 0 atom stereocenters. The number of nitrogens with zero attached hydrogens (tertiary/aromatic N) is 4. The molecule has 1 amide bonds. The summed E-state index contributed by atoms with van der Waals surface area (Å²) >= 11 is 1.57. The van der Waals surface area contributed by atoms with Crippen molar-refractivity contribution in [1.82, 2.24) is 14.9 Å². The topological polar surface area (TPSA) is 49.3 Å². The predicted octanol–water partition coefficient (Wildman–Crippen LogP) is 2.20. The Labute approximate surface area is 133 Å². The fourth-order valence-corrected chi connectivity index (χ4v) is 4.02. The highest BCUT2D eigenvalue weighted by atomic mass is 32.1. The van der Waals surface area contributed by atoms with E-state index in [0.29, 0.717) is 0 Å². The molecular weight excluding hydrogens is 296 g/mol. The highest BCUT2D eigenvalue weighted by Crippen LogP contribution is 2.41. The SMILES string of the molecule is Cc1cnc(N2CCC3(CN(C(=O)c4ccsc4)C3)C2)nc1. The van der Waals surface area contributed by atoms with Crippen LogP contribution in [-0.4, -0.2) is 47.0 Å². The summed E-state index contributed by atoms with van der Waals surface area (Å²) in [6, 6.07) is 1.90. The third kappa shape index (κ3) is 2.27. The van der Waals surface area contributed by atoms with Gasteiger partial charge in [-0.2, -0.15) is 11.3 Å². The van der Waals surface area contributed by atoms with Gasteiger partial charge in [0.15, 0.2) is 0 Å². The Morgan fingerprint density at radius 2 is 2.05 bits per heavy atom. The summed E-state index contributed by atoms with van der Waals surface area (Å²) in [5.41, 5.74) is 2.13. The zero-order valence-electron chi connectivity index (χ0n) is 12.5. The first-order valence-electron chi connectivity index (χ1n) is 7.50. The minimum Gasteiger partial charge on any atom is -0.340 e. The van der Waals surface area contributed by atoms with Crippen LogP contribution >= 0.6 is 11.3 Å². The summed E-state index contributed by atoms with van der Waals surface area (Å²) in [6.07, 6.45) is 4.83. The minimum atomic E-state index is 0.164. The molecule has 2 aliphatic rings. The van der Waals surface area contributed by atoms with Gasteiger partial charge < -0.3 is 9.80 Å². The average molecular weight is 314 g/mol. The number of likely N-dealkylation sites (tertiary alicyclic amines) is 1. The molecule has 1 spiro atoms. The Morgan fingerprint density at radius 3 is 2.73 bits per heavy atom. The van der Waals surface area contributed by atoms with E-state index in [9.17, 15) is 4.79 Å². The fraction of sp³-hybridized carbons (Fsp3) is 0.438. The molecule has 0 radical (unpaired) electrons. The molecule has 0 N–H and O–H groups in total. The van der Waals surface area contributed by atoms with E-state index in [4.69, 9.17) is 0 Å². The number of aryl methyl sites for hydroxylation is 1. The van der Waals surface area contributed by atoms with Crippen LogP contribution in [0.25, 0.3) is 0 Å². The highest BCUT2D eigenvalue weighted by molar-refractivity contribution is 7.08. The molecule has 0 unspecified atom stereocenters. The number of hydrogen-bond donors (Lipinski definition) is 0. The standard InChI is InChI=1S/C16H18N4OS/c1-12-6-17-15(18-7-12)19-4-3-16(9-19)10-20(11-16)14(21)13-2-5-22-8-13/h2,5-8H,3-4,9-11H2,1H3. The van der Waals surface area contributed by atoms with Crippen molar-refractivity contribution in [2.24, 2.45) is 5.41 Å². The van der Waals surface area contributed by atoms with Gasteiger partial charge in [0.1, 0.15) is 0 Å². The lowest BCUT2D eigenvalue weighted by molar-refractivity contribution is 0.0167. The number of anilines is 1. The second kappa shape index (κ2) is 5.05. The van der Waals surface area contributed by atoms with Crippen molar-refractivity contribution in [3.05, 3.63) is 40.3 Å². The van der Waals surface area contributed by atoms with Crippen molar-refractivity contribution in [3.8, 4) is 0 Å². The lowest BCUT2D eigenvalue weighted by atomic mass is 9.79. The highest BCUT2D eigenvalue weighted by Gasteiger charge is 2.49. The van der Waals surface area contributed by atoms with Crippen molar-refractivity contribution < 1.29 is 4.79 Å². The monoisotopic (exact) mass is 314 g/mol. The summed E-state index contributed by atoms with van der Waals surface area (Å²) in [7, 11) is 0. The predicted molar refractivity (Wildman–Crippen MR) is 86.3 cm³/mol. The molecule has 4 heterocycles. The Hall–Kier alpha value is -1.95. The molecule has 114 valence electrons. The number of hydrogen-bond acceptors (Lipinski definition) is 5. The van der Waals surface area contributed by atoms with Crippen LogP contribution < -0.4 is 4.90 Å². The van der Waals surface area contributed by atoms with Crippen LogP contribution in [0.5, 0.6) is 0 Å². The van der Waals surface area contributed by atoms with E-state index in [1.54, 1.807) is 11.3 Å². The van der Waals surface area contributed by atoms with Crippen LogP contribution in [0.2, 0.25) is 0 Å².